The van der Waals surface area contributed by atoms with Crippen LogP contribution < -0.4 is 4.80 Å². The normalized spacial score (nSPS) is 12.1. The third-order valence-corrected chi connectivity index (χ3v) is 5.42. The summed E-state index contributed by atoms with van der Waals surface area (Å²) in [5.41, 5.74) is 4.62. The number of carbonyl (C=O) groups excluding carboxylic acids is 1. The van der Waals surface area contributed by atoms with Gasteiger partial charge in [0.05, 0.1) is 16.8 Å². The second-order valence-electron chi connectivity index (χ2n) is 6.73. The Balaban J connectivity index is 2.16. The highest BCUT2D eigenvalue weighted by Gasteiger charge is 2.15. The van der Waals surface area contributed by atoms with Gasteiger partial charge in [0.1, 0.15) is 0 Å². The van der Waals surface area contributed by atoms with Crippen LogP contribution in [-0.4, -0.2) is 20.3 Å². The Morgan fingerprint density at radius 1 is 1.31 bits per heavy atom. The molecule has 2 heterocycles. The predicted octanol–water partition coefficient (Wildman–Crippen LogP) is 3.78. The van der Waals surface area contributed by atoms with Gasteiger partial charge in [-0.1, -0.05) is 23.3 Å². The van der Waals surface area contributed by atoms with Gasteiger partial charge in [-0.3, -0.25) is 9.48 Å². The van der Waals surface area contributed by atoms with E-state index in [1.54, 1.807) is 6.07 Å². The van der Waals surface area contributed by atoms with Crippen molar-refractivity contribution >= 4 is 27.5 Å². The fraction of sp³-hybridized carbons (Fsp3) is 0.350. The Labute approximate surface area is 157 Å². The molecule has 0 saturated carbocycles. The summed E-state index contributed by atoms with van der Waals surface area (Å²) in [7, 11) is 0. The van der Waals surface area contributed by atoms with Gasteiger partial charge >= 0.3 is 0 Å². The lowest BCUT2D eigenvalue weighted by molar-refractivity contribution is 0.0992. The Bertz CT molecular complexity index is 1110. The highest BCUT2D eigenvalue weighted by Crippen LogP contribution is 2.23. The summed E-state index contributed by atoms with van der Waals surface area (Å²) < 4.78 is 4.85. The van der Waals surface area contributed by atoms with E-state index in [1.807, 2.05) is 36.9 Å². The Hall–Kier alpha value is -2.65. The van der Waals surface area contributed by atoms with Crippen LogP contribution in [0.15, 0.2) is 23.2 Å². The zero-order valence-corrected chi connectivity index (χ0v) is 16.5. The lowest BCUT2D eigenvalue weighted by Gasteiger charge is -2.06. The quantitative estimate of drug-likeness (QED) is 0.663. The summed E-state index contributed by atoms with van der Waals surface area (Å²) in [6.07, 6.45) is 5.55. The van der Waals surface area contributed by atoms with Gasteiger partial charge in [0.25, 0.3) is 5.91 Å². The Kier molecular flexibility index (Phi) is 4.84. The van der Waals surface area contributed by atoms with Crippen molar-refractivity contribution in [2.75, 3.05) is 0 Å². The van der Waals surface area contributed by atoms with Crippen molar-refractivity contribution in [2.45, 2.75) is 47.2 Å². The van der Waals surface area contributed by atoms with Crippen LogP contribution >= 0.6 is 11.3 Å². The van der Waals surface area contributed by atoms with E-state index in [9.17, 15) is 4.79 Å². The van der Waals surface area contributed by atoms with Crippen LogP contribution in [0.2, 0.25) is 0 Å². The van der Waals surface area contributed by atoms with E-state index >= 15 is 0 Å². The van der Waals surface area contributed by atoms with Crippen molar-refractivity contribution < 1.29 is 4.79 Å². The molecule has 3 rings (SSSR count). The minimum absolute atomic E-state index is 0.192. The van der Waals surface area contributed by atoms with E-state index in [0.29, 0.717) is 17.0 Å². The average molecular weight is 366 g/mol. The number of fused-ring (bicyclic) bond motifs is 1. The van der Waals surface area contributed by atoms with Crippen molar-refractivity contribution in [1.29, 1.82) is 0 Å². The number of benzene rings is 1. The molecule has 0 atom stereocenters. The van der Waals surface area contributed by atoms with Crippen LogP contribution in [0.1, 0.15) is 47.2 Å². The zero-order valence-electron chi connectivity index (χ0n) is 15.7. The number of nitrogens with zero attached hydrogens (tertiary/aromatic N) is 4. The minimum atomic E-state index is -0.348. The number of terminal acetylenes is 1. The maximum atomic E-state index is 12.7. The summed E-state index contributed by atoms with van der Waals surface area (Å²) in [5.74, 6) is 2.31. The van der Waals surface area contributed by atoms with Crippen LogP contribution in [0.3, 0.4) is 0 Å². The van der Waals surface area contributed by atoms with Gasteiger partial charge < -0.3 is 4.57 Å². The molecule has 0 aliphatic heterocycles. The molecular weight excluding hydrogens is 344 g/mol. The third kappa shape index (κ3) is 3.23. The number of carbonyl (C=O) groups is 1. The van der Waals surface area contributed by atoms with Crippen LogP contribution in [0, 0.1) is 33.1 Å². The van der Waals surface area contributed by atoms with Crippen molar-refractivity contribution in [3.63, 3.8) is 0 Å². The molecule has 0 radical (unpaired) electrons. The number of thiazole rings is 1. The van der Waals surface area contributed by atoms with E-state index in [0.717, 1.165) is 27.0 Å². The first-order chi connectivity index (χ1) is 12.3. The summed E-state index contributed by atoms with van der Waals surface area (Å²) in [6.45, 7) is 10.5. The van der Waals surface area contributed by atoms with E-state index in [2.05, 4.69) is 35.1 Å². The predicted molar refractivity (Wildman–Crippen MR) is 105 cm³/mol. The molecule has 5 nitrogen and oxygen atoms in total. The van der Waals surface area contributed by atoms with Gasteiger partial charge in [0.2, 0.25) is 0 Å². The second-order valence-corrected chi connectivity index (χ2v) is 7.71. The molecule has 6 heteroatoms. The number of aromatic nitrogens is 3. The Morgan fingerprint density at radius 3 is 2.65 bits per heavy atom. The minimum Gasteiger partial charge on any atom is -0.305 e. The van der Waals surface area contributed by atoms with Gasteiger partial charge in [0.15, 0.2) is 10.5 Å². The molecule has 0 saturated heterocycles. The monoisotopic (exact) mass is 366 g/mol. The molecule has 3 aromatic rings. The number of amides is 1. The molecule has 26 heavy (non-hydrogen) atoms. The van der Waals surface area contributed by atoms with Crippen molar-refractivity contribution in [1.82, 2.24) is 14.3 Å². The molecule has 0 aliphatic carbocycles. The largest absolute Gasteiger partial charge is 0.305 e. The maximum absolute atomic E-state index is 12.7. The van der Waals surface area contributed by atoms with Crippen LogP contribution in [0.25, 0.3) is 10.2 Å². The molecule has 1 amide bonds. The lowest BCUT2D eigenvalue weighted by Crippen LogP contribution is -2.17. The topological polar surface area (TPSA) is 52.2 Å². The van der Waals surface area contributed by atoms with E-state index in [4.69, 9.17) is 6.42 Å². The van der Waals surface area contributed by atoms with Gasteiger partial charge in [-0.25, -0.2) is 0 Å². The summed E-state index contributed by atoms with van der Waals surface area (Å²) in [5, 5.41) is 4.40. The van der Waals surface area contributed by atoms with E-state index in [-0.39, 0.29) is 11.9 Å². The molecule has 0 fully saturated rings. The first-order valence-corrected chi connectivity index (χ1v) is 9.32. The first kappa shape index (κ1) is 18.2. The molecule has 0 bridgehead atoms. The SMILES string of the molecule is C#CCn1c(=NC(=O)c2cc(C)n(C(C)C)n2)sc2c(C)cc(C)cc21. The van der Waals surface area contributed by atoms with Crippen LogP contribution in [0.4, 0.5) is 0 Å². The van der Waals surface area contributed by atoms with Crippen molar-refractivity contribution in [3.05, 3.63) is 45.5 Å². The number of hydrogen-bond acceptors (Lipinski definition) is 3. The number of hydrogen-bond donors (Lipinski definition) is 0. The summed E-state index contributed by atoms with van der Waals surface area (Å²) >= 11 is 1.48. The van der Waals surface area contributed by atoms with Crippen LogP contribution in [0.5, 0.6) is 0 Å². The highest BCUT2D eigenvalue weighted by molar-refractivity contribution is 7.16. The van der Waals surface area contributed by atoms with E-state index < -0.39 is 0 Å². The van der Waals surface area contributed by atoms with Crippen molar-refractivity contribution in [2.24, 2.45) is 4.99 Å². The molecule has 0 spiro atoms. The smallest absolute Gasteiger partial charge is 0.300 e. The number of aryl methyl sites for hydroxylation is 3. The molecular formula is C20H22N4OS. The summed E-state index contributed by atoms with van der Waals surface area (Å²) in [4.78, 5) is 17.6. The highest BCUT2D eigenvalue weighted by atomic mass is 32.1. The summed E-state index contributed by atoms with van der Waals surface area (Å²) in [6, 6.07) is 6.17. The van der Waals surface area contributed by atoms with Crippen LogP contribution in [-0.2, 0) is 6.54 Å². The molecule has 0 N–H and O–H groups in total. The second kappa shape index (κ2) is 6.93. The van der Waals surface area contributed by atoms with E-state index in [1.165, 1.54) is 11.3 Å². The first-order valence-electron chi connectivity index (χ1n) is 8.51. The van der Waals surface area contributed by atoms with Gasteiger partial charge in [-0.2, -0.15) is 10.1 Å². The third-order valence-electron chi connectivity index (χ3n) is 4.19. The maximum Gasteiger partial charge on any atom is 0.300 e. The van der Waals surface area contributed by atoms with Gasteiger partial charge in [-0.15, -0.1) is 6.42 Å². The van der Waals surface area contributed by atoms with Gasteiger partial charge in [0, 0.05) is 11.7 Å². The molecule has 0 aliphatic rings. The van der Waals surface area contributed by atoms with Gasteiger partial charge in [-0.05, 0) is 57.9 Å². The lowest BCUT2D eigenvalue weighted by atomic mass is 10.1. The fourth-order valence-electron chi connectivity index (χ4n) is 3.10. The molecule has 0 unspecified atom stereocenters. The molecule has 134 valence electrons. The number of rotatable bonds is 3. The Morgan fingerprint density at radius 2 is 2.04 bits per heavy atom. The zero-order chi connectivity index (χ0) is 19.0. The molecule has 2 aromatic heterocycles. The standard InChI is InChI=1S/C20H22N4OS/c1-7-8-23-17-10-13(4)9-14(5)18(17)26-20(23)21-19(25)16-11-15(6)24(22-16)12(2)3/h1,9-12H,8H2,2-6H3. The fourth-order valence-corrected chi connectivity index (χ4v) is 4.18. The van der Waals surface area contributed by atoms with Crippen molar-refractivity contribution in [3.8, 4) is 12.3 Å². The molecule has 1 aromatic carbocycles. The average Bonchev–Trinajstić information content (AvgIpc) is 3.10.